The molecule has 4 nitrogen and oxygen atoms in total. The van der Waals surface area contributed by atoms with Crippen LogP contribution >= 0.6 is 0 Å². The number of carbonyl (C=O) groups is 1. The Balaban J connectivity index is 2.47. The number of rotatable bonds is 4. The molecule has 0 aliphatic rings. The highest BCUT2D eigenvalue weighted by molar-refractivity contribution is 5.94. The lowest BCUT2D eigenvalue weighted by Crippen LogP contribution is -2.31. The van der Waals surface area contributed by atoms with Gasteiger partial charge in [0.1, 0.15) is 5.76 Å². The molecule has 0 fully saturated rings. The number of nitrogens with one attached hydrogen (secondary N) is 1. The van der Waals surface area contributed by atoms with Crippen molar-refractivity contribution in [2.24, 2.45) is 11.7 Å². The van der Waals surface area contributed by atoms with E-state index in [2.05, 4.69) is 5.32 Å². The van der Waals surface area contributed by atoms with Crippen molar-refractivity contribution in [1.29, 1.82) is 0 Å². The second kappa shape index (κ2) is 4.81. The highest BCUT2D eigenvalue weighted by Gasteiger charge is 2.11. The van der Waals surface area contributed by atoms with Gasteiger partial charge in [-0.25, -0.2) is 0 Å². The number of hydrogen-bond acceptors (Lipinski definition) is 3. The Morgan fingerprint density at radius 1 is 1.71 bits per heavy atom. The van der Waals surface area contributed by atoms with E-state index in [9.17, 15) is 4.79 Å². The summed E-state index contributed by atoms with van der Waals surface area (Å²) in [5.41, 5.74) is 6.03. The van der Waals surface area contributed by atoms with Crippen LogP contribution in [0.4, 0.5) is 0 Å². The second-order valence-electron chi connectivity index (χ2n) is 3.44. The van der Waals surface area contributed by atoms with Crippen molar-refractivity contribution >= 4 is 5.91 Å². The van der Waals surface area contributed by atoms with Crippen molar-refractivity contribution in [1.82, 2.24) is 5.32 Å². The van der Waals surface area contributed by atoms with E-state index in [1.807, 2.05) is 6.92 Å². The molecule has 1 unspecified atom stereocenters. The second-order valence-corrected chi connectivity index (χ2v) is 3.44. The Hall–Kier alpha value is -1.29. The van der Waals surface area contributed by atoms with Crippen LogP contribution in [0.3, 0.4) is 0 Å². The minimum atomic E-state index is -0.100. The number of aryl methyl sites for hydroxylation is 1. The molecule has 14 heavy (non-hydrogen) atoms. The molecule has 0 saturated carbocycles. The van der Waals surface area contributed by atoms with E-state index in [-0.39, 0.29) is 5.91 Å². The fourth-order valence-corrected chi connectivity index (χ4v) is 1.07. The van der Waals surface area contributed by atoms with E-state index >= 15 is 0 Å². The molecule has 0 aliphatic heterocycles. The lowest BCUT2D eigenvalue weighted by Gasteiger charge is -2.09. The number of hydrogen-bond donors (Lipinski definition) is 2. The average molecular weight is 196 g/mol. The molecule has 1 amide bonds. The zero-order valence-electron chi connectivity index (χ0n) is 8.54. The van der Waals surface area contributed by atoms with Crippen molar-refractivity contribution in [3.8, 4) is 0 Å². The Kier molecular flexibility index (Phi) is 3.71. The van der Waals surface area contributed by atoms with Gasteiger partial charge in [-0.3, -0.25) is 4.79 Å². The molecule has 1 rings (SSSR count). The van der Waals surface area contributed by atoms with Gasteiger partial charge in [-0.15, -0.1) is 0 Å². The van der Waals surface area contributed by atoms with Gasteiger partial charge in [0, 0.05) is 6.54 Å². The first-order valence-corrected chi connectivity index (χ1v) is 4.67. The lowest BCUT2D eigenvalue weighted by atomic mass is 10.2. The minimum absolute atomic E-state index is 0.100. The maximum absolute atomic E-state index is 11.5. The van der Waals surface area contributed by atoms with Crippen molar-refractivity contribution in [3.63, 3.8) is 0 Å². The van der Waals surface area contributed by atoms with Gasteiger partial charge in [-0.2, -0.15) is 0 Å². The summed E-state index contributed by atoms with van der Waals surface area (Å²) in [6.07, 6.45) is 1.51. The molecule has 3 N–H and O–H groups in total. The molecule has 0 radical (unpaired) electrons. The molecule has 4 heteroatoms. The summed E-state index contributed by atoms with van der Waals surface area (Å²) in [7, 11) is 0. The van der Waals surface area contributed by atoms with Crippen LogP contribution in [0.15, 0.2) is 16.7 Å². The van der Waals surface area contributed by atoms with Crippen molar-refractivity contribution < 1.29 is 9.21 Å². The van der Waals surface area contributed by atoms with Gasteiger partial charge in [0.05, 0.1) is 11.8 Å². The zero-order chi connectivity index (χ0) is 10.6. The predicted molar refractivity (Wildman–Crippen MR) is 54.0 cm³/mol. The molecule has 0 aliphatic carbocycles. The molecule has 0 bridgehead atoms. The van der Waals surface area contributed by atoms with Crippen molar-refractivity contribution in [2.75, 3.05) is 13.1 Å². The van der Waals surface area contributed by atoms with Gasteiger partial charge >= 0.3 is 0 Å². The van der Waals surface area contributed by atoms with Gasteiger partial charge in [-0.1, -0.05) is 6.92 Å². The number of nitrogens with two attached hydrogens (primary N) is 1. The molecule has 78 valence electrons. The Morgan fingerprint density at radius 3 is 2.93 bits per heavy atom. The number of carbonyl (C=O) groups excluding carboxylic acids is 1. The van der Waals surface area contributed by atoms with Crippen molar-refractivity contribution in [2.45, 2.75) is 13.8 Å². The summed E-state index contributed by atoms with van der Waals surface area (Å²) >= 11 is 0. The lowest BCUT2D eigenvalue weighted by molar-refractivity contribution is 0.0947. The molecule has 1 aromatic heterocycles. The van der Waals surface area contributed by atoms with Crippen LogP contribution in [0.5, 0.6) is 0 Å². The smallest absolute Gasteiger partial charge is 0.254 e. The molecule has 1 aromatic rings. The molecule has 0 spiro atoms. The quantitative estimate of drug-likeness (QED) is 0.752. The first kappa shape index (κ1) is 10.8. The molecule has 0 saturated heterocycles. The first-order chi connectivity index (χ1) is 6.65. The Labute approximate surface area is 83.5 Å². The predicted octanol–water partition coefficient (Wildman–Crippen LogP) is 0.913. The normalized spacial score (nSPS) is 12.5. The van der Waals surface area contributed by atoms with Crippen LogP contribution in [0.1, 0.15) is 23.0 Å². The van der Waals surface area contributed by atoms with Crippen LogP contribution in [0, 0.1) is 12.8 Å². The molecule has 0 aromatic carbocycles. The van der Waals surface area contributed by atoms with E-state index in [0.717, 1.165) is 0 Å². The fourth-order valence-electron chi connectivity index (χ4n) is 1.07. The van der Waals surface area contributed by atoms with E-state index in [0.29, 0.717) is 30.3 Å². The third-order valence-electron chi connectivity index (χ3n) is 2.12. The van der Waals surface area contributed by atoms with Gasteiger partial charge in [-0.05, 0) is 25.5 Å². The van der Waals surface area contributed by atoms with E-state index < -0.39 is 0 Å². The summed E-state index contributed by atoms with van der Waals surface area (Å²) < 4.78 is 5.03. The zero-order valence-corrected chi connectivity index (χ0v) is 8.54. The summed E-state index contributed by atoms with van der Waals surface area (Å²) in [6, 6.07) is 1.66. The molecular formula is C10H16N2O2. The third-order valence-corrected chi connectivity index (χ3v) is 2.12. The average Bonchev–Trinajstić information content (AvgIpc) is 2.60. The van der Waals surface area contributed by atoms with E-state index in [1.54, 1.807) is 13.0 Å². The van der Waals surface area contributed by atoms with Gasteiger partial charge in [0.25, 0.3) is 5.91 Å². The topological polar surface area (TPSA) is 68.3 Å². The summed E-state index contributed by atoms with van der Waals surface area (Å²) in [5, 5.41) is 2.80. The number of amides is 1. The first-order valence-electron chi connectivity index (χ1n) is 4.67. The van der Waals surface area contributed by atoms with Gasteiger partial charge < -0.3 is 15.5 Å². The molecule has 1 heterocycles. The van der Waals surface area contributed by atoms with Gasteiger partial charge in [0.15, 0.2) is 0 Å². The standard InChI is InChI=1S/C10H16N2O2/c1-7(5-11)6-12-10(13)9-3-4-14-8(9)2/h3-4,7H,5-6,11H2,1-2H3,(H,12,13). The van der Waals surface area contributed by atoms with Crippen LogP contribution in [0.2, 0.25) is 0 Å². The van der Waals surface area contributed by atoms with Crippen LogP contribution in [-0.4, -0.2) is 19.0 Å². The van der Waals surface area contributed by atoms with E-state index in [4.69, 9.17) is 10.2 Å². The fraction of sp³-hybridized carbons (Fsp3) is 0.500. The van der Waals surface area contributed by atoms with Crippen LogP contribution < -0.4 is 11.1 Å². The Morgan fingerprint density at radius 2 is 2.43 bits per heavy atom. The Bertz CT molecular complexity index is 307. The summed E-state index contributed by atoms with van der Waals surface area (Å²) in [6.45, 7) is 4.92. The maximum atomic E-state index is 11.5. The van der Waals surface area contributed by atoms with Crippen LogP contribution in [-0.2, 0) is 0 Å². The molecule has 1 atom stereocenters. The highest BCUT2D eigenvalue weighted by atomic mass is 16.3. The summed E-state index contributed by atoms with van der Waals surface area (Å²) in [5.74, 6) is 0.839. The molecular weight excluding hydrogens is 180 g/mol. The monoisotopic (exact) mass is 196 g/mol. The number of furan rings is 1. The minimum Gasteiger partial charge on any atom is -0.469 e. The van der Waals surface area contributed by atoms with Crippen LogP contribution in [0.25, 0.3) is 0 Å². The van der Waals surface area contributed by atoms with E-state index in [1.165, 1.54) is 6.26 Å². The maximum Gasteiger partial charge on any atom is 0.254 e. The SMILES string of the molecule is Cc1occc1C(=O)NCC(C)CN. The largest absolute Gasteiger partial charge is 0.469 e. The highest BCUT2D eigenvalue weighted by Crippen LogP contribution is 2.08. The third kappa shape index (κ3) is 2.60. The summed E-state index contributed by atoms with van der Waals surface area (Å²) in [4.78, 5) is 11.5. The van der Waals surface area contributed by atoms with Gasteiger partial charge in [0.2, 0.25) is 0 Å². The van der Waals surface area contributed by atoms with Crippen molar-refractivity contribution in [3.05, 3.63) is 23.7 Å².